The maximum atomic E-state index is 11.8. The van der Waals surface area contributed by atoms with Crippen molar-refractivity contribution in [3.8, 4) is 11.4 Å². The second-order valence-electron chi connectivity index (χ2n) is 4.59. The summed E-state index contributed by atoms with van der Waals surface area (Å²) in [7, 11) is 0. The van der Waals surface area contributed by atoms with Crippen molar-refractivity contribution in [2.45, 2.75) is 13.0 Å². The van der Waals surface area contributed by atoms with Gasteiger partial charge in [0.2, 0.25) is 11.9 Å². The van der Waals surface area contributed by atoms with Crippen molar-refractivity contribution in [1.29, 1.82) is 0 Å². The van der Waals surface area contributed by atoms with Gasteiger partial charge in [0.05, 0.1) is 0 Å². The average molecular weight is 281 g/mol. The minimum absolute atomic E-state index is 0.109. The number of nitrogens with one attached hydrogen (secondary N) is 2. The van der Waals surface area contributed by atoms with Crippen molar-refractivity contribution in [3.63, 3.8) is 0 Å². The van der Waals surface area contributed by atoms with Crippen LogP contribution in [0.2, 0.25) is 0 Å². The predicted molar refractivity (Wildman–Crippen MR) is 79.5 cm³/mol. The Labute approximate surface area is 121 Å². The van der Waals surface area contributed by atoms with E-state index in [4.69, 9.17) is 0 Å². The van der Waals surface area contributed by atoms with E-state index in [1.165, 1.54) is 0 Å². The molecule has 2 aromatic heterocycles. The monoisotopic (exact) mass is 281 g/mol. The van der Waals surface area contributed by atoms with E-state index in [0.29, 0.717) is 24.7 Å². The van der Waals surface area contributed by atoms with Crippen LogP contribution in [0.15, 0.2) is 54.9 Å². The van der Waals surface area contributed by atoms with Crippen LogP contribution in [-0.2, 0) is 11.3 Å². The molecule has 1 aromatic carbocycles. The van der Waals surface area contributed by atoms with Gasteiger partial charge in [0, 0.05) is 30.9 Å². The minimum atomic E-state index is -0.109. The van der Waals surface area contributed by atoms with Crippen LogP contribution in [0.3, 0.4) is 0 Å². The Morgan fingerprint density at radius 1 is 1.14 bits per heavy atom. The predicted octanol–water partition coefficient (Wildman–Crippen LogP) is 2.30. The fourth-order valence-electron chi connectivity index (χ4n) is 1.98. The topological polar surface area (TPSA) is 75.6 Å². The molecule has 0 radical (unpaired) electrons. The van der Waals surface area contributed by atoms with E-state index in [9.17, 15) is 4.79 Å². The molecule has 21 heavy (non-hydrogen) atoms. The van der Waals surface area contributed by atoms with Crippen LogP contribution in [0.25, 0.3) is 11.4 Å². The maximum Gasteiger partial charge on any atom is 0.249 e. The third kappa shape index (κ3) is 3.36. The lowest BCUT2D eigenvalue weighted by molar-refractivity contribution is -0.116. The van der Waals surface area contributed by atoms with Crippen molar-refractivity contribution >= 4 is 11.9 Å². The van der Waals surface area contributed by atoms with Crippen molar-refractivity contribution in [1.82, 2.24) is 19.7 Å². The molecule has 106 valence electrons. The number of aromatic amines is 1. The highest BCUT2D eigenvalue weighted by Gasteiger charge is 2.08. The quantitative estimate of drug-likeness (QED) is 0.753. The van der Waals surface area contributed by atoms with Gasteiger partial charge in [0.1, 0.15) is 0 Å². The minimum Gasteiger partial charge on any atom is -0.354 e. The van der Waals surface area contributed by atoms with Gasteiger partial charge in [-0.1, -0.05) is 30.3 Å². The number of carbonyl (C=O) groups is 1. The van der Waals surface area contributed by atoms with Crippen molar-refractivity contribution in [3.05, 3.63) is 54.9 Å². The largest absolute Gasteiger partial charge is 0.354 e. The van der Waals surface area contributed by atoms with E-state index in [2.05, 4.69) is 20.5 Å². The zero-order valence-corrected chi connectivity index (χ0v) is 11.4. The Kier molecular flexibility index (Phi) is 3.77. The summed E-state index contributed by atoms with van der Waals surface area (Å²) >= 11 is 0. The summed E-state index contributed by atoms with van der Waals surface area (Å²) in [6.45, 7) is 0.634. The maximum absolute atomic E-state index is 11.8. The number of hydrogen-bond acceptors (Lipinski definition) is 3. The number of hydrogen-bond donors (Lipinski definition) is 2. The van der Waals surface area contributed by atoms with Crippen LogP contribution in [0.4, 0.5) is 5.95 Å². The number of carbonyl (C=O) groups excluding carboxylic acids is 1. The van der Waals surface area contributed by atoms with Crippen LogP contribution in [-0.4, -0.2) is 25.7 Å². The third-order valence-electron chi connectivity index (χ3n) is 3.05. The molecule has 0 atom stereocenters. The molecule has 1 amide bonds. The average Bonchev–Trinajstić information content (AvgIpc) is 3.17. The molecule has 0 aliphatic heterocycles. The SMILES string of the molecule is O=C(CCn1cccc1)Nc1n[nH]c(-c2ccccc2)n1. The van der Waals surface area contributed by atoms with Crippen LogP contribution in [0.5, 0.6) is 0 Å². The normalized spacial score (nSPS) is 10.5. The van der Waals surface area contributed by atoms with Gasteiger partial charge < -0.3 is 4.57 Å². The number of amides is 1. The first-order valence-electron chi connectivity index (χ1n) is 6.70. The van der Waals surface area contributed by atoms with E-state index in [1.54, 1.807) is 0 Å². The van der Waals surface area contributed by atoms with Gasteiger partial charge >= 0.3 is 0 Å². The number of nitrogens with zero attached hydrogens (tertiary/aromatic N) is 3. The molecule has 0 spiro atoms. The summed E-state index contributed by atoms with van der Waals surface area (Å²) in [6, 6.07) is 13.5. The smallest absolute Gasteiger partial charge is 0.249 e. The Morgan fingerprint density at radius 3 is 2.67 bits per heavy atom. The number of anilines is 1. The molecular formula is C15H15N5O. The van der Waals surface area contributed by atoms with Crippen molar-refractivity contribution < 1.29 is 4.79 Å². The summed E-state index contributed by atoms with van der Waals surface area (Å²) in [4.78, 5) is 16.1. The van der Waals surface area contributed by atoms with Crippen molar-refractivity contribution in [2.75, 3.05) is 5.32 Å². The zero-order chi connectivity index (χ0) is 14.5. The zero-order valence-electron chi connectivity index (χ0n) is 11.4. The molecule has 0 bridgehead atoms. The Balaban J connectivity index is 1.58. The van der Waals surface area contributed by atoms with Crippen LogP contribution >= 0.6 is 0 Å². The summed E-state index contributed by atoms with van der Waals surface area (Å²) < 4.78 is 1.95. The Morgan fingerprint density at radius 2 is 1.90 bits per heavy atom. The first-order chi connectivity index (χ1) is 10.3. The molecule has 0 saturated carbocycles. The third-order valence-corrected chi connectivity index (χ3v) is 3.05. The number of aryl methyl sites for hydroxylation is 1. The number of H-pyrrole nitrogens is 1. The van der Waals surface area contributed by atoms with Crippen LogP contribution in [0, 0.1) is 0 Å². The molecule has 0 unspecified atom stereocenters. The Bertz CT molecular complexity index is 703. The number of aromatic nitrogens is 4. The fourth-order valence-corrected chi connectivity index (χ4v) is 1.98. The van der Waals surface area contributed by atoms with Gasteiger partial charge in [-0.25, -0.2) is 0 Å². The van der Waals surface area contributed by atoms with Gasteiger partial charge in [0.25, 0.3) is 0 Å². The highest BCUT2D eigenvalue weighted by Crippen LogP contribution is 2.14. The molecule has 3 aromatic rings. The molecule has 0 aliphatic rings. The van der Waals surface area contributed by atoms with E-state index >= 15 is 0 Å². The number of benzene rings is 1. The highest BCUT2D eigenvalue weighted by atomic mass is 16.1. The molecule has 0 aliphatic carbocycles. The summed E-state index contributed by atoms with van der Waals surface area (Å²) in [5.74, 6) is 0.824. The summed E-state index contributed by atoms with van der Waals surface area (Å²) in [6.07, 6.45) is 4.23. The van der Waals surface area contributed by atoms with Gasteiger partial charge in [-0.15, -0.1) is 5.10 Å². The first-order valence-corrected chi connectivity index (χ1v) is 6.70. The van der Waals surface area contributed by atoms with E-state index in [-0.39, 0.29) is 5.91 Å². The second-order valence-corrected chi connectivity index (χ2v) is 4.59. The lowest BCUT2D eigenvalue weighted by atomic mass is 10.2. The molecule has 6 nitrogen and oxygen atoms in total. The molecule has 6 heteroatoms. The van der Waals surface area contributed by atoms with Crippen molar-refractivity contribution in [2.24, 2.45) is 0 Å². The molecule has 0 fully saturated rings. The molecule has 2 heterocycles. The molecule has 0 saturated heterocycles. The standard InChI is InChI=1S/C15H15N5O/c21-13(8-11-20-9-4-5-10-20)16-15-17-14(18-19-15)12-6-2-1-3-7-12/h1-7,9-10H,8,11H2,(H2,16,17,18,19,21). The fraction of sp³-hybridized carbons (Fsp3) is 0.133. The number of rotatable bonds is 5. The van der Waals surface area contributed by atoms with E-state index in [0.717, 1.165) is 5.56 Å². The summed E-state index contributed by atoms with van der Waals surface area (Å²) in [5.41, 5.74) is 0.929. The van der Waals surface area contributed by atoms with Gasteiger partial charge in [0.15, 0.2) is 5.82 Å². The second kappa shape index (κ2) is 6.04. The van der Waals surface area contributed by atoms with Crippen LogP contribution in [0.1, 0.15) is 6.42 Å². The molecule has 2 N–H and O–H groups in total. The molecular weight excluding hydrogens is 266 g/mol. The Hall–Kier alpha value is -2.89. The lowest BCUT2D eigenvalue weighted by Crippen LogP contribution is -2.14. The summed E-state index contributed by atoms with van der Waals surface area (Å²) in [5, 5.41) is 9.51. The van der Waals surface area contributed by atoms with Crippen LogP contribution < -0.4 is 5.32 Å². The van der Waals surface area contributed by atoms with Gasteiger partial charge in [-0.05, 0) is 12.1 Å². The van der Waals surface area contributed by atoms with Gasteiger partial charge in [-0.2, -0.15) is 4.98 Å². The highest BCUT2D eigenvalue weighted by molar-refractivity contribution is 5.89. The lowest BCUT2D eigenvalue weighted by Gasteiger charge is -2.02. The first kappa shape index (κ1) is 13.1. The van der Waals surface area contributed by atoms with E-state index in [1.807, 2.05) is 59.4 Å². The van der Waals surface area contributed by atoms with Gasteiger partial charge in [-0.3, -0.25) is 15.2 Å². The molecule has 3 rings (SSSR count). The van der Waals surface area contributed by atoms with E-state index < -0.39 is 0 Å².